The molecular formula is C21H18ClN3O2S. The second-order valence-corrected chi connectivity index (χ2v) is 8.26. The molecule has 1 fully saturated rings. The van der Waals surface area contributed by atoms with Crippen LogP contribution in [0.3, 0.4) is 0 Å². The topological polar surface area (TPSA) is 62.3 Å². The van der Waals surface area contributed by atoms with Gasteiger partial charge in [0.05, 0.1) is 12.2 Å². The van der Waals surface area contributed by atoms with E-state index in [-0.39, 0.29) is 12.5 Å². The van der Waals surface area contributed by atoms with Crippen molar-refractivity contribution in [2.24, 2.45) is 0 Å². The molecule has 0 saturated carbocycles. The van der Waals surface area contributed by atoms with E-state index >= 15 is 0 Å². The van der Waals surface area contributed by atoms with Gasteiger partial charge in [0, 0.05) is 16.0 Å². The van der Waals surface area contributed by atoms with Crippen LogP contribution in [0.4, 0.5) is 4.79 Å². The zero-order valence-electron chi connectivity index (χ0n) is 15.4. The van der Waals surface area contributed by atoms with Gasteiger partial charge < -0.3 is 5.32 Å². The highest BCUT2D eigenvalue weighted by molar-refractivity contribution is 7.13. The van der Waals surface area contributed by atoms with Crippen LogP contribution in [0.1, 0.15) is 23.7 Å². The van der Waals surface area contributed by atoms with Crippen molar-refractivity contribution in [2.45, 2.75) is 25.9 Å². The SMILES string of the molecule is Cc1ccc(-c2nc(CN3C(=O)NC(C)(c4ccc(Cl)cc4)C3=O)cs2)cc1. The number of thiazole rings is 1. The fourth-order valence-electron chi connectivity index (χ4n) is 3.19. The van der Waals surface area contributed by atoms with Crippen molar-refractivity contribution in [3.63, 3.8) is 0 Å². The molecule has 0 spiro atoms. The third kappa shape index (κ3) is 3.30. The Morgan fingerprint density at radius 1 is 1.11 bits per heavy atom. The first-order chi connectivity index (χ1) is 13.4. The first-order valence-electron chi connectivity index (χ1n) is 8.78. The fourth-order valence-corrected chi connectivity index (χ4v) is 4.13. The minimum Gasteiger partial charge on any atom is -0.319 e. The van der Waals surface area contributed by atoms with Gasteiger partial charge in [-0.05, 0) is 31.5 Å². The molecule has 1 aliphatic heterocycles. The van der Waals surface area contributed by atoms with Crippen LogP contribution >= 0.6 is 22.9 Å². The van der Waals surface area contributed by atoms with Crippen molar-refractivity contribution in [1.29, 1.82) is 0 Å². The second-order valence-electron chi connectivity index (χ2n) is 6.96. The van der Waals surface area contributed by atoms with Crippen LogP contribution in [0.25, 0.3) is 10.6 Å². The first-order valence-corrected chi connectivity index (χ1v) is 10.0. The maximum absolute atomic E-state index is 13.0. The van der Waals surface area contributed by atoms with Gasteiger partial charge in [0.25, 0.3) is 5.91 Å². The molecule has 3 amide bonds. The summed E-state index contributed by atoms with van der Waals surface area (Å²) in [6, 6.07) is 14.6. The molecule has 142 valence electrons. The molecule has 28 heavy (non-hydrogen) atoms. The molecule has 7 heteroatoms. The highest BCUT2D eigenvalue weighted by Crippen LogP contribution is 2.31. The minimum atomic E-state index is -1.11. The average Bonchev–Trinajstić information content (AvgIpc) is 3.22. The largest absolute Gasteiger partial charge is 0.325 e. The number of urea groups is 1. The maximum Gasteiger partial charge on any atom is 0.325 e. The van der Waals surface area contributed by atoms with Gasteiger partial charge in [-0.25, -0.2) is 9.78 Å². The number of imide groups is 1. The smallest absolute Gasteiger partial charge is 0.319 e. The van der Waals surface area contributed by atoms with Gasteiger partial charge in [-0.1, -0.05) is 53.6 Å². The van der Waals surface area contributed by atoms with Crippen LogP contribution in [0.2, 0.25) is 5.02 Å². The lowest BCUT2D eigenvalue weighted by Gasteiger charge is -2.22. The lowest BCUT2D eigenvalue weighted by molar-refractivity contribution is -0.131. The number of aromatic nitrogens is 1. The van der Waals surface area contributed by atoms with Gasteiger partial charge in [-0.15, -0.1) is 11.3 Å². The van der Waals surface area contributed by atoms with E-state index in [2.05, 4.69) is 10.3 Å². The Kier molecular flexibility index (Phi) is 4.69. The summed E-state index contributed by atoms with van der Waals surface area (Å²) in [5.41, 5.74) is 2.46. The van der Waals surface area contributed by atoms with Crippen LogP contribution in [-0.4, -0.2) is 21.8 Å². The van der Waals surface area contributed by atoms with E-state index in [1.54, 1.807) is 31.2 Å². The lowest BCUT2D eigenvalue weighted by Crippen LogP contribution is -2.40. The van der Waals surface area contributed by atoms with Crippen LogP contribution < -0.4 is 5.32 Å². The van der Waals surface area contributed by atoms with Crippen molar-refractivity contribution in [3.8, 4) is 10.6 Å². The van der Waals surface area contributed by atoms with Crippen molar-refractivity contribution < 1.29 is 9.59 Å². The van der Waals surface area contributed by atoms with Gasteiger partial charge >= 0.3 is 6.03 Å². The van der Waals surface area contributed by atoms with Gasteiger partial charge in [-0.3, -0.25) is 9.69 Å². The molecule has 1 aromatic heterocycles. The van der Waals surface area contributed by atoms with Crippen molar-refractivity contribution in [3.05, 3.63) is 75.8 Å². The Morgan fingerprint density at radius 2 is 1.79 bits per heavy atom. The third-order valence-electron chi connectivity index (χ3n) is 4.87. The number of halogens is 1. The monoisotopic (exact) mass is 411 g/mol. The zero-order valence-corrected chi connectivity index (χ0v) is 17.0. The summed E-state index contributed by atoms with van der Waals surface area (Å²) >= 11 is 7.43. The molecule has 3 aromatic rings. The standard InChI is InChI=1S/C21H18ClN3O2S/c1-13-3-5-14(6-4-13)18-23-17(12-28-18)11-25-19(26)21(2,24-20(25)27)15-7-9-16(22)10-8-15/h3-10,12H,11H2,1-2H3,(H,24,27). The Morgan fingerprint density at radius 3 is 2.46 bits per heavy atom. The van der Waals surface area contributed by atoms with Gasteiger partial charge in [-0.2, -0.15) is 0 Å². The zero-order chi connectivity index (χ0) is 19.9. The van der Waals surface area contributed by atoms with Crippen molar-refractivity contribution >= 4 is 34.9 Å². The number of aryl methyl sites for hydroxylation is 1. The Labute approximate surface area is 172 Å². The van der Waals surface area contributed by atoms with E-state index in [4.69, 9.17) is 11.6 Å². The average molecular weight is 412 g/mol. The Balaban J connectivity index is 1.55. The number of carbonyl (C=O) groups is 2. The van der Waals surface area contributed by atoms with Crippen LogP contribution in [0.5, 0.6) is 0 Å². The highest BCUT2D eigenvalue weighted by atomic mass is 35.5. The normalized spacial score (nSPS) is 19.2. The summed E-state index contributed by atoms with van der Waals surface area (Å²) in [5.74, 6) is -0.301. The van der Waals surface area contributed by atoms with Gasteiger partial charge in [0.1, 0.15) is 10.5 Å². The number of hydrogen-bond donors (Lipinski definition) is 1. The predicted octanol–water partition coefficient (Wildman–Crippen LogP) is 4.74. The van der Waals surface area contributed by atoms with Crippen LogP contribution in [0.15, 0.2) is 53.9 Å². The maximum atomic E-state index is 13.0. The molecule has 0 aliphatic carbocycles. The molecule has 2 heterocycles. The van der Waals surface area contributed by atoms with Gasteiger partial charge in [0.15, 0.2) is 0 Å². The number of hydrogen-bond acceptors (Lipinski definition) is 4. The quantitative estimate of drug-likeness (QED) is 0.631. The summed E-state index contributed by atoms with van der Waals surface area (Å²) in [6.45, 7) is 3.87. The molecular weight excluding hydrogens is 394 g/mol. The van der Waals surface area contributed by atoms with Crippen LogP contribution in [-0.2, 0) is 16.9 Å². The molecule has 0 radical (unpaired) electrons. The van der Waals surface area contributed by atoms with Crippen molar-refractivity contribution in [2.75, 3.05) is 0 Å². The molecule has 1 unspecified atom stereocenters. The summed E-state index contributed by atoms with van der Waals surface area (Å²) in [7, 11) is 0. The fraction of sp³-hybridized carbons (Fsp3) is 0.190. The predicted molar refractivity (Wildman–Crippen MR) is 110 cm³/mol. The lowest BCUT2D eigenvalue weighted by atomic mass is 9.92. The Hall–Kier alpha value is -2.70. The molecule has 0 bridgehead atoms. The van der Waals surface area contributed by atoms with E-state index in [0.717, 1.165) is 10.6 Å². The molecule has 1 aliphatic rings. The van der Waals surface area contributed by atoms with E-state index in [0.29, 0.717) is 16.3 Å². The van der Waals surface area contributed by atoms with E-state index < -0.39 is 11.6 Å². The second kappa shape index (κ2) is 7.04. The highest BCUT2D eigenvalue weighted by Gasteiger charge is 2.49. The summed E-state index contributed by atoms with van der Waals surface area (Å²) in [4.78, 5) is 31.3. The summed E-state index contributed by atoms with van der Waals surface area (Å²) in [5, 5.41) is 6.12. The number of amides is 3. The number of nitrogens with one attached hydrogen (secondary N) is 1. The van der Waals surface area contributed by atoms with E-state index in [1.165, 1.54) is 21.8 Å². The number of nitrogens with zero attached hydrogens (tertiary/aromatic N) is 2. The summed E-state index contributed by atoms with van der Waals surface area (Å²) < 4.78 is 0. The number of benzene rings is 2. The molecule has 1 saturated heterocycles. The van der Waals surface area contributed by atoms with Crippen LogP contribution in [0, 0.1) is 6.92 Å². The molecule has 4 rings (SSSR count). The van der Waals surface area contributed by atoms with E-state index in [9.17, 15) is 9.59 Å². The van der Waals surface area contributed by atoms with Gasteiger partial charge in [0.2, 0.25) is 0 Å². The van der Waals surface area contributed by atoms with E-state index in [1.807, 2.05) is 36.6 Å². The first kappa shape index (κ1) is 18.7. The van der Waals surface area contributed by atoms with Crippen molar-refractivity contribution in [1.82, 2.24) is 15.2 Å². The molecule has 2 aromatic carbocycles. The molecule has 1 N–H and O–H groups in total. The third-order valence-corrected chi connectivity index (χ3v) is 6.06. The summed E-state index contributed by atoms with van der Waals surface area (Å²) in [6.07, 6.45) is 0. The minimum absolute atomic E-state index is 0.135. The molecule has 1 atom stereocenters. The number of carbonyl (C=O) groups excluding carboxylic acids is 2. The Bertz CT molecular complexity index is 1050. The number of rotatable bonds is 4. The molecule has 5 nitrogen and oxygen atoms in total.